The summed E-state index contributed by atoms with van der Waals surface area (Å²) in [4.78, 5) is 4.65. The molecule has 0 aliphatic rings. The molecule has 0 fully saturated rings. The molecule has 0 saturated carbocycles. The van der Waals surface area contributed by atoms with Crippen molar-refractivity contribution in [2.24, 2.45) is 0 Å². The summed E-state index contributed by atoms with van der Waals surface area (Å²) in [5.74, 6) is 3.57. The molecule has 1 aromatic carbocycles. The first-order valence-electron chi connectivity index (χ1n) is 6.82. The van der Waals surface area contributed by atoms with E-state index in [4.69, 9.17) is 12.2 Å². The second kappa shape index (κ2) is 5.25. The quantitative estimate of drug-likeness (QED) is 0.858. The van der Waals surface area contributed by atoms with E-state index in [0.29, 0.717) is 23.6 Å². The molecule has 2 rings (SSSR count). The molecule has 2 N–H and O–H groups in total. The Bertz CT molecular complexity index is 715. The minimum absolute atomic E-state index is 0.204. The smallest absolute Gasteiger partial charge is 0.132 e. The summed E-state index contributed by atoms with van der Waals surface area (Å²) >= 11 is 0. The SMILES string of the molecule is C#CCn1c(C(C)(C)C)nc(-c2cc(F)ccc2C)c1N. The Hall–Kier alpha value is -2.28. The van der Waals surface area contributed by atoms with Gasteiger partial charge in [-0.3, -0.25) is 0 Å². The molecule has 2 aromatic rings. The number of rotatable bonds is 2. The highest BCUT2D eigenvalue weighted by Crippen LogP contribution is 2.33. The van der Waals surface area contributed by atoms with E-state index in [1.165, 1.54) is 12.1 Å². The van der Waals surface area contributed by atoms with Crippen LogP contribution in [0.3, 0.4) is 0 Å². The zero-order valence-corrected chi connectivity index (χ0v) is 12.9. The molecule has 0 amide bonds. The third kappa shape index (κ3) is 2.78. The number of benzene rings is 1. The molecule has 1 aromatic heterocycles. The summed E-state index contributed by atoms with van der Waals surface area (Å²) in [5.41, 5.74) is 8.23. The normalized spacial score (nSPS) is 11.4. The van der Waals surface area contributed by atoms with Gasteiger partial charge in [0.25, 0.3) is 0 Å². The third-order valence-electron chi connectivity index (χ3n) is 3.38. The maximum atomic E-state index is 13.5. The topological polar surface area (TPSA) is 43.8 Å². The summed E-state index contributed by atoms with van der Waals surface area (Å²) < 4.78 is 15.4. The van der Waals surface area contributed by atoms with E-state index in [9.17, 15) is 4.39 Å². The number of nitrogens with zero attached hydrogens (tertiary/aromatic N) is 2. The van der Waals surface area contributed by atoms with Crippen molar-refractivity contribution < 1.29 is 4.39 Å². The van der Waals surface area contributed by atoms with E-state index in [1.807, 2.05) is 32.3 Å². The molecule has 0 bridgehead atoms. The van der Waals surface area contributed by atoms with Crippen LogP contribution in [-0.2, 0) is 12.0 Å². The number of hydrogen-bond donors (Lipinski definition) is 1. The van der Waals surface area contributed by atoms with Gasteiger partial charge >= 0.3 is 0 Å². The Labute approximate surface area is 125 Å². The minimum Gasteiger partial charge on any atom is -0.383 e. The van der Waals surface area contributed by atoms with Gasteiger partial charge in [0.1, 0.15) is 23.2 Å². The largest absolute Gasteiger partial charge is 0.383 e. The van der Waals surface area contributed by atoms with Crippen molar-refractivity contribution in [2.75, 3.05) is 5.73 Å². The molecule has 110 valence electrons. The average Bonchev–Trinajstić information content (AvgIpc) is 2.71. The van der Waals surface area contributed by atoms with Crippen LogP contribution >= 0.6 is 0 Å². The molecule has 4 heteroatoms. The maximum Gasteiger partial charge on any atom is 0.132 e. The van der Waals surface area contributed by atoms with Gasteiger partial charge in [-0.05, 0) is 24.6 Å². The highest BCUT2D eigenvalue weighted by molar-refractivity contribution is 5.74. The van der Waals surface area contributed by atoms with E-state index in [0.717, 1.165) is 11.4 Å². The van der Waals surface area contributed by atoms with Crippen LogP contribution in [0.5, 0.6) is 0 Å². The van der Waals surface area contributed by atoms with Crippen LogP contribution in [0.15, 0.2) is 18.2 Å². The van der Waals surface area contributed by atoms with E-state index in [-0.39, 0.29) is 11.2 Å². The van der Waals surface area contributed by atoms with E-state index < -0.39 is 0 Å². The second-order valence-corrected chi connectivity index (χ2v) is 6.17. The fraction of sp³-hybridized carbons (Fsp3) is 0.353. The van der Waals surface area contributed by atoms with Crippen LogP contribution in [0, 0.1) is 25.1 Å². The molecule has 0 saturated heterocycles. The van der Waals surface area contributed by atoms with Gasteiger partial charge in [0.2, 0.25) is 0 Å². The zero-order valence-electron chi connectivity index (χ0n) is 12.9. The number of aromatic nitrogens is 2. The Morgan fingerprint density at radius 2 is 2.05 bits per heavy atom. The van der Waals surface area contributed by atoms with Gasteiger partial charge in [0.15, 0.2) is 0 Å². The van der Waals surface area contributed by atoms with Crippen LogP contribution in [0.1, 0.15) is 32.2 Å². The number of hydrogen-bond acceptors (Lipinski definition) is 2. The zero-order chi connectivity index (χ0) is 15.8. The number of halogens is 1. The summed E-state index contributed by atoms with van der Waals surface area (Å²) in [6.07, 6.45) is 5.43. The van der Waals surface area contributed by atoms with Crippen LogP contribution in [0.2, 0.25) is 0 Å². The lowest BCUT2D eigenvalue weighted by Gasteiger charge is -2.18. The van der Waals surface area contributed by atoms with Gasteiger partial charge in [-0.25, -0.2) is 9.37 Å². The van der Waals surface area contributed by atoms with E-state index in [1.54, 1.807) is 6.07 Å². The number of terminal acetylenes is 1. The first kappa shape index (κ1) is 15.1. The maximum absolute atomic E-state index is 13.5. The molecule has 1 heterocycles. The average molecular weight is 285 g/mol. The predicted octanol–water partition coefficient (Wildman–Crippen LogP) is 3.51. The van der Waals surface area contributed by atoms with Gasteiger partial charge < -0.3 is 10.3 Å². The molecule has 0 aliphatic carbocycles. The van der Waals surface area contributed by atoms with Crippen molar-refractivity contribution in [1.82, 2.24) is 9.55 Å². The van der Waals surface area contributed by atoms with Crippen LogP contribution < -0.4 is 5.73 Å². The summed E-state index contributed by atoms with van der Waals surface area (Å²) in [6, 6.07) is 4.61. The van der Waals surface area contributed by atoms with Crippen LogP contribution in [0.25, 0.3) is 11.3 Å². The second-order valence-electron chi connectivity index (χ2n) is 6.17. The molecule has 0 atom stereocenters. The van der Waals surface area contributed by atoms with E-state index >= 15 is 0 Å². The Kier molecular flexibility index (Phi) is 3.78. The lowest BCUT2D eigenvalue weighted by molar-refractivity contribution is 0.517. The van der Waals surface area contributed by atoms with Crippen molar-refractivity contribution in [2.45, 2.75) is 39.7 Å². The first-order valence-corrected chi connectivity index (χ1v) is 6.82. The van der Waals surface area contributed by atoms with Crippen LogP contribution in [0.4, 0.5) is 10.2 Å². The molecule has 0 aliphatic heterocycles. The lowest BCUT2D eigenvalue weighted by Crippen LogP contribution is -2.19. The van der Waals surface area contributed by atoms with Crippen molar-refractivity contribution in [3.05, 3.63) is 35.4 Å². The lowest BCUT2D eigenvalue weighted by atomic mass is 9.95. The fourth-order valence-electron chi connectivity index (χ4n) is 2.34. The molecule has 21 heavy (non-hydrogen) atoms. The number of imidazole rings is 1. The van der Waals surface area contributed by atoms with Gasteiger partial charge in [-0.15, -0.1) is 6.42 Å². The molecule has 0 unspecified atom stereocenters. The van der Waals surface area contributed by atoms with E-state index in [2.05, 4.69) is 10.9 Å². The van der Waals surface area contributed by atoms with Crippen LogP contribution in [-0.4, -0.2) is 9.55 Å². The molecular formula is C17H20FN3. The van der Waals surface area contributed by atoms with Gasteiger partial charge in [0, 0.05) is 11.0 Å². The fourth-order valence-corrected chi connectivity index (χ4v) is 2.34. The van der Waals surface area contributed by atoms with Gasteiger partial charge in [-0.1, -0.05) is 32.8 Å². The first-order chi connectivity index (χ1) is 9.75. The molecule has 3 nitrogen and oxygen atoms in total. The van der Waals surface area contributed by atoms with Crippen molar-refractivity contribution >= 4 is 5.82 Å². The number of aryl methyl sites for hydroxylation is 1. The van der Waals surface area contributed by atoms with Crippen molar-refractivity contribution in [1.29, 1.82) is 0 Å². The van der Waals surface area contributed by atoms with Crippen molar-refractivity contribution in [3.63, 3.8) is 0 Å². The standard InChI is InChI=1S/C17H20FN3/c1-6-9-21-15(19)14(20-16(21)17(3,4)5)13-10-12(18)8-7-11(13)2/h1,7-8,10H,9,19H2,2-5H3. The molecular weight excluding hydrogens is 265 g/mol. The van der Waals surface area contributed by atoms with Gasteiger partial charge in [0.05, 0.1) is 6.54 Å². The minimum atomic E-state index is -0.307. The number of nitrogens with two attached hydrogens (primary N) is 1. The Morgan fingerprint density at radius 1 is 1.38 bits per heavy atom. The molecule has 0 radical (unpaired) electrons. The monoisotopic (exact) mass is 285 g/mol. The molecule has 0 spiro atoms. The third-order valence-corrected chi connectivity index (χ3v) is 3.38. The summed E-state index contributed by atoms with van der Waals surface area (Å²) in [6.45, 7) is 8.39. The predicted molar refractivity (Wildman–Crippen MR) is 84.3 cm³/mol. The Balaban J connectivity index is 2.71. The summed E-state index contributed by atoms with van der Waals surface area (Å²) in [7, 11) is 0. The number of anilines is 1. The Morgan fingerprint density at radius 3 is 2.62 bits per heavy atom. The highest BCUT2D eigenvalue weighted by atomic mass is 19.1. The highest BCUT2D eigenvalue weighted by Gasteiger charge is 2.25. The van der Waals surface area contributed by atoms with Crippen molar-refractivity contribution in [3.8, 4) is 23.6 Å². The van der Waals surface area contributed by atoms with Gasteiger partial charge in [-0.2, -0.15) is 0 Å². The number of nitrogen functional groups attached to an aromatic ring is 1. The summed E-state index contributed by atoms with van der Waals surface area (Å²) in [5, 5.41) is 0.